The molecule has 1 rings (SSSR count). The van der Waals surface area contributed by atoms with E-state index in [0.29, 0.717) is 5.92 Å². The summed E-state index contributed by atoms with van der Waals surface area (Å²) >= 11 is 0. The predicted molar refractivity (Wildman–Crippen MR) is 70.1 cm³/mol. The molecule has 0 radical (unpaired) electrons. The molecule has 0 heterocycles. The predicted octanol–water partition coefficient (Wildman–Crippen LogP) is 4.55. The van der Waals surface area contributed by atoms with E-state index in [4.69, 9.17) is 4.74 Å². The molecule has 1 atom stereocenters. The summed E-state index contributed by atoms with van der Waals surface area (Å²) in [5.41, 5.74) is 2.55. The molecule has 1 nitrogen and oxygen atoms in total. The molecule has 0 saturated carbocycles. The molecule has 1 aromatic carbocycles. The molecule has 0 bridgehead atoms. The summed E-state index contributed by atoms with van der Waals surface area (Å²) in [6.45, 7) is 11.1. The van der Waals surface area contributed by atoms with Crippen molar-refractivity contribution in [2.24, 2.45) is 0 Å². The highest BCUT2D eigenvalue weighted by Crippen LogP contribution is 2.21. The van der Waals surface area contributed by atoms with Crippen LogP contribution >= 0.6 is 0 Å². The molecule has 88 valence electrons. The Balaban J connectivity index is 2.48. The Morgan fingerprint density at radius 3 is 2.44 bits per heavy atom. The van der Waals surface area contributed by atoms with E-state index in [-0.39, 0.29) is 0 Å². The Kier molecular flexibility index (Phi) is 5.10. The third-order valence-electron chi connectivity index (χ3n) is 2.86. The van der Waals surface area contributed by atoms with Crippen molar-refractivity contribution in [3.05, 3.63) is 42.0 Å². The van der Waals surface area contributed by atoms with Gasteiger partial charge < -0.3 is 4.74 Å². The third kappa shape index (κ3) is 4.09. The van der Waals surface area contributed by atoms with Crippen LogP contribution in [0.2, 0.25) is 0 Å². The highest BCUT2D eigenvalue weighted by molar-refractivity contribution is 5.29. The van der Waals surface area contributed by atoms with Gasteiger partial charge >= 0.3 is 0 Å². The van der Waals surface area contributed by atoms with Gasteiger partial charge in [-0.05, 0) is 37.0 Å². The molecule has 0 aliphatic heterocycles. The minimum absolute atomic E-state index is 0.629. The molecule has 1 heteroatoms. The first-order valence-electron chi connectivity index (χ1n) is 6.00. The number of hydrogen-bond acceptors (Lipinski definition) is 1. The van der Waals surface area contributed by atoms with Gasteiger partial charge in [0.1, 0.15) is 5.75 Å². The van der Waals surface area contributed by atoms with E-state index in [0.717, 1.165) is 24.4 Å². The largest absolute Gasteiger partial charge is 0.493 e. The van der Waals surface area contributed by atoms with Gasteiger partial charge in [0.05, 0.1) is 6.61 Å². The van der Waals surface area contributed by atoms with E-state index in [1.807, 2.05) is 6.92 Å². The Morgan fingerprint density at radius 2 is 1.94 bits per heavy atom. The lowest BCUT2D eigenvalue weighted by Crippen LogP contribution is -1.98. The summed E-state index contributed by atoms with van der Waals surface area (Å²) in [5.74, 6) is 1.58. The molecule has 0 amide bonds. The second-order valence-corrected chi connectivity index (χ2v) is 4.43. The Bertz CT molecular complexity index is 324. The van der Waals surface area contributed by atoms with Crippen LogP contribution in [0.25, 0.3) is 0 Å². The van der Waals surface area contributed by atoms with E-state index in [1.54, 1.807) is 0 Å². The molecule has 1 unspecified atom stereocenters. The van der Waals surface area contributed by atoms with Crippen molar-refractivity contribution in [1.29, 1.82) is 0 Å². The Hall–Kier alpha value is -1.24. The van der Waals surface area contributed by atoms with Crippen molar-refractivity contribution in [1.82, 2.24) is 0 Å². The van der Waals surface area contributed by atoms with Crippen molar-refractivity contribution in [2.75, 3.05) is 6.61 Å². The van der Waals surface area contributed by atoms with Crippen molar-refractivity contribution in [3.63, 3.8) is 0 Å². The zero-order valence-electron chi connectivity index (χ0n) is 10.6. The summed E-state index contributed by atoms with van der Waals surface area (Å²) in [5, 5.41) is 0. The highest BCUT2D eigenvalue weighted by atomic mass is 16.5. The minimum atomic E-state index is 0.629. The molecule has 0 fully saturated rings. The molecular formula is C15H22O. The zero-order chi connectivity index (χ0) is 12.0. The van der Waals surface area contributed by atoms with Crippen molar-refractivity contribution in [2.45, 2.75) is 39.5 Å². The molecular weight excluding hydrogens is 196 g/mol. The van der Waals surface area contributed by atoms with E-state index >= 15 is 0 Å². The normalized spacial score (nSPS) is 12.2. The van der Waals surface area contributed by atoms with Crippen LogP contribution in [0.15, 0.2) is 36.4 Å². The van der Waals surface area contributed by atoms with Crippen molar-refractivity contribution in [3.8, 4) is 5.75 Å². The number of benzene rings is 1. The van der Waals surface area contributed by atoms with Crippen molar-refractivity contribution < 1.29 is 4.74 Å². The molecule has 0 saturated heterocycles. The quantitative estimate of drug-likeness (QED) is 0.637. The van der Waals surface area contributed by atoms with Crippen LogP contribution in [0.4, 0.5) is 0 Å². The van der Waals surface area contributed by atoms with Crippen LogP contribution < -0.4 is 4.74 Å². The Morgan fingerprint density at radius 1 is 1.31 bits per heavy atom. The van der Waals surface area contributed by atoms with Crippen LogP contribution in [0.5, 0.6) is 5.75 Å². The van der Waals surface area contributed by atoms with Gasteiger partial charge in [0.15, 0.2) is 0 Å². The molecule has 0 spiro atoms. The average molecular weight is 218 g/mol. The SMILES string of the molecule is C=C(C)CCOc1ccc(C(C)CC)cc1. The van der Waals surface area contributed by atoms with Gasteiger partial charge in [-0.15, -0.1) is 6.58 Å². The first-order valence-corrected chi connectivity index (χ1v) is 6.00. The van der Waals surface area contributed by atoms with E-state index in [1.165, 1.54) is 12.0 Å². The van der Waals surface area contributed by atoms with Gasteiger partial charge in [-0.2, -0.15) is 0 Å². The zero-order valence-corrected chi connectivity index (χ0v) is 10.6. The molecule has 16 heavy (non-hydrogen) atoms. The second kappa shape index (κ2) is 6.37. The summed E-state index contributed by atoms with van der Waals surface area (Å²) in [4.78, 5) is 0. The maximum Gasteiger partial charge on any atom is 0.119 e. The standard InChI is InChI=1S/C15H22O/c1-5-13(4)14-6-8-15(9-7-14)16-11-10-12(2)3/h6-9,13H,2,5,10-11H2,1,3-4H3. The maximum atomic E-state index is 5.62. The molecule has 1 aromatic rings. The average Bonchev–Trinajstić information content (AvgIpc) is 2.28. The van der Waals surface area contributed by atoms with Gasteiger partial charge in [-0.25, -0.2) is 0 Å². The highest BCUT2D eigenvalue weighted by Gasteiger charge is 2.02. The fraction of sp³-hybridized carbons (Fsp3) is 0.467. The smallest absolute Gasteiger partial charge is 0.119 e. The number of hydrogen-bond donors (Lipinski definition) is 0. The fourth-order valence-electron chi connectivity index (χ4n) is 1.47. The van der Waals surface area contributed by atoms with Gasteiger partial charge in [-0.1, -0.05) is 31.6 Å². The summed E-state index contributed by atoms with van der Waals surface area (Å²) in [6.07, 6.45) is 2.10. The molecule has 0 aromatic heterocycles. The first-order chi connectivity index (χ1) is 7.63. The topological polar surface area (TPSA) is 9.23 Å². The van der Waals surface area contributed by atoms with Crippen molar-refractivity contribution >= 4 is 0 Å². The van der Waals surface area contributed by atoms with Gasteiger partial charge in [0, 0.05) is 6.42 Å². The third-order valence-corrected chi connectivity index (χ3v) is 2.86. The van der Waals surface area contributed by atoms with Crippen LogP contribution in [0.1, 0.15) is 45.1 Å². The lowest BCUT2D eigenvalue weighted by Gasteiger charge is -2.10. The van der Waals surface area contributed by atoms with Crippen LogP contribution in [-0.4, -0.2) is 6.61 Å². The van der Waals surface area contributed by atoms with E-state index in [2.05, 4.69) is 44.7 Å². The lowest BCUT2D eigenvalue weighted by atomic mass is 9.99. The number of ether oxygens (including phenoxy) is 1. The fourth-order valence-corrected chi connectivity index (χ4v) is 1.47. The van der Waals surface area contributed by atoms with Gasteiger partial charge in [0.2, 0.25) is 0 Å². The molecule has 0 N–H and O–H groups in total. The minimum Gasteiger partial charge on any atom is -0.493 e. The van der Waals surface area contributed by atoms with Gasteiger partial charge in [-0.3, -0.25) is 0 Å². The first kappa shape index (κ1) is 12.8. The van der Waals surface area contributed by atoms with Crippen LogP contribution in [0, 0.1) is 0 Å². The monoisotopic (exact) mass is 218 g/mol. The van der Waals surface area contributed by atoms with Gasteiger partial charge in [0.25, 0.3) is 0 Å². The summed E-state index contributed by atoms with van der Waals surface area (Å²) in [7, 11) is 0. The van der Waals surface area contributed by atoms with Crippen LogP contribution in [-0.2, 0) is 0 Å². The number of rotatable bonds is 6. The molecule has 0 aliphatic carbocycles. The Labute approximate surface area is 99.1 Å². The lowest BCUT2D eigenvalue weighted by molar-refractivity contribution is 0.321. The second-order valence-electron chi connectivity index (χ2n) is 4.43. The summed E-state index contributed by atoms with van der Waals surface area (Å²) < 4.78 is 5.62. The van der Waals surface area contributed by atoms with E-state index in [9.17, 15) is 0 Å². The van der Waals surface area contributed by atoms with Crippen LogP contribution in [0.3, 0.4) is 0 Å². The molecule has 0 aliphatic rings. The van der Waals surface area contributed by atoms with E-state index < -0.39 is 0 Å². The maximum absolute atomic E-state index is 5.62. The summed E-state index contributed by atoms with van der Waals surface area (Å²) in [6, 6.07) is 8.42.